The van der Waals surface area contributed by atoms with Crippen LogP contribution in [0.15, 0.2) is 0 Å². The van der Waals surface area contributed by atoms with E-state index < -0.39 is 4.33 Å². The molecule has 0 aromatic rings. The molecule has 3 nitrogen and oxygen atoms in total. The third-order valence-electron chi connectivity index (χ3n) is 2.87. The number of rotatable bonds is 3. The van der Waals surface area contributed by atoms with Gasteiger partial charge in [0.25, 0.3) is 0 Å². The normalized spacial score (nSPS) is 31.9. The van der Waals surface area contributed by atoms with Crippen LogP contribution in [0.2, 0.25) is 0 Å². The topological polar surface area (TPSA) is 41.1 Å². The molecule has 15 heavy (non-hydrogen) atoms. The van der Waals surface area contributed by atoms with Crippen LogP contribution in [0.5, 0.6) is 0 Å². The molecule has 1 aliphatic carbocycles. The Labute approximate surface area is 106 Å². The van der Waals surface area contributed by atoms with Gasteiger partial charge in [0.05, 0.1) is 5.92 Å². The first-order valence-corrected chi connectivity index (χ1v) is 5.71. The minimum atomic E-state index is -0.794. The summed E-state index contributed by atoms with van der Waals surface area (Å²) in [6.07, 6.45) is 1.72. The molecular formula is C9H15Cl3N2O. The second kappa shape index (κ2) is 5.09. The van der Waals surface area contributed by atoms with Gasteiger partial charge < -0.3 is 10.6 Å². The lowest BCUT2D eigenvalue weighted by atomic mass is 10.1. The first kappa shape index (κ1) is 13.4. The monoisotopic (exact) mass is 272 g/mol. The van der Waals surface area contributed by atoms with Gasteiger partial charge in [-0.25, -0.2) is 0 Å². The first-order chi connectivity index (χ1) is 6.59. The third kappa shape index (κ3) is 3.38. The van der Waals surface area contributed by atoms with Crippen molar-refractivity contribution in [2.45, 2.75) is 17.2 Å². The van der Waals surface area contributed by atoms with Crippen molar-refractivity contribution >= 4 is 41.5 Å². The van der Waals surface area contributed by atoms with Gasteiger partial charge in [0.15, 0.2) is 0 Å². The number of alkyl halides is 2. The van der Waals surface area contributed by atoms with Gasteiger partial charge in [0, 0.05) is 6.54 Å². The van der Waals surface area contributed by atoms with Gasteiger partial charge in [-0.3, -0.25) is 4.79 Å². The zero-order valence-corrected chi connectivity index (χ0v) is 10.6. The number of nitrogens with one attached hydrogen (secondary N) is 2. The van der Waals surface area contributed by atoms with Crippen LogP contribution in [0.1, 0.15) is 12.8 Å². The van der Waals surface area contributed by atoms with E-state index in [1.165, 1.54) is 0 Å². The maximum absolute atomic E-state index is 11.5. The smallest absolute Gasteiger partial charge is 0.226 e. The van der Waals surface area contributed by atoms with Crippen molar-refractivity contribution in [3.05, 3.63) is 0 Å². The van der Waals surface area contributed by atoms with E-state index in [9.17, 15) is 4.79 Å². The molecule has 2 N–H and O–H groups in total. The predicted octanol–water partition coefficient (Wildman–Crippen LogP) is 1.33. The second-order valence-corrected chi connectivity index (χ2v) is 5.66. The zero-order chi connectivity index (χ0) is 10.2. The highest BCUT2D eigenvalue weighted by Crippen LogP contribution is 2.53. The fraction of sp³-hybridized carbons (Fsp3) is 0.889. The Hall–Kier alpha value is 0.300. The molecule has 6 heteroatoms. The predicted molar refractivity (Wildman–Crippen MR) is 63.8 cm³/mol. The first-order valence-electron chi connectivity index (χ1n) is 4.96. The van der Waals surface area contributed by atoms with Gasteiger partial charge in [0.2, 0.25) is 5.91 Å². The number of carbonyl (C=O) groups is 1. The van der Waals surface area contributed by atoms with E-state index in [1.807, 2.05) is 0 Å². The summed E-state index contributed by atoms with van der Waals surface area (Å²) in [6, 6.07) is 0. The highest BCUT2D eigenvalue weighted by Gasteiger charge is 2.56. The van der Waals surface area contributed by atoms with Gasteiger partial charge in [-0.15, -0.1) is 35.6 Å². The largest absolute Gasteiger partial charge is 0.355 e. The summed E-state index contributed by atoms with van der Waals surface area (Å²) in [5.41, 5.74) is 0. The standard InChI is InChI=1S/C9H14Cl2N2O.ClH/c10-9(11)3-7(9)8(14)13-5-6-1-2-12-4-6;/h6-7,12H,1-5H2,(H,13,14);1H. The molecule has 2 fully saturated rings. The molecule has 2 aliphatic rings. The van der Waals surface area contributed by atoms with Crippen molar-refractivity contribution in [3.63, 3.8) is 0 Å². The van der Waals surface area contributed by atoms with Gasteiger partial charge in [-0.05, 0) is 31.8 Å². The Balaban J connectivity index is 0.00000112. The minimum Gasteiger partial charge on any atom is -0.355 e. The highest BCUT2D eigenvalue weighted by molar-refractivity contribution is 6.52. The van der Waals surface area contributed by atoms with Gasteiger partial charge in [-0.1, -0.05) is 0 Å². The van der Waals surface area contributed by atoms with E-state index in [0.717, 1.165) is 26.1 Å². The molecule has 2 rings (SSSR count). The lowest BCUT2D eigenvalue weighted by Gasteiger charge is -2.09. The van der Waals surface area contributed by atoms with Gasteiger partial charge >= 0.3 is 0 Å². The molecule has 0 aromatic heterocycles. The van der Waals surface area contributed by atoms with Crippen LogP contribution in [-0.4, -0.2) is 29.9 Å². The molecule has 88 valence electrons. The molecule has 0 aromatic carbocycles. The van der Waals surface area contributed by atoms with Crippen LogP contribution in [-0.2, 0) is 4.79 Å². The average Bonchev–Trinajstić information content (AvgIpc) is 2.61. The molecule has 1 saturated heterocycles. The van der Waals surface area contributed by atoms with Crippen LogP contribution in [0.4, 0.5) is 0 Å². The summed E-state index contributed by atoms with van der Waals surface area (Å²) in [6.45, 7) is 2.79. The molecule has 1 heterocycles. The van der Waals surface area contributed by atoms with Crippen molar-refractivity contribution in [2.75, 3.05) is 19.6 Å². The molecule has 2 atom stereocenters. The molecule has 0 bridgehead atoms. The van der Waals surface area contributed by atoms with Crippen LogP contribution >= 0.6 is 35.6 Å². The Morgan fingerprint density at radius 1 is 1.53 bits per heavy atom. The van der Waals surface area contributed by atoms with E-state index in [4.69, 9.17) is 23.2 Å². The zero-order valence-electron chi connectivity index (χ0n) is 8.26. The summed E-state index contributed by atoms with van der Waals surface area (Å²) < 4.78 is -0.794. The molecule has 1 aliphatic heterocycles. The minimum absolute atomic E-state index is 0. The van der Waals surface area contributed by atoms with Crippen LogP contribution in [0.3, 0.4) is 0 Å². The summed E-state index contributed by atoms with van der Waals surface area (Å²) in [4.78, 5) is 11.5. The van der Waals surface area contributed by atoms with Crippen molar-refractivity contribution in [1.29, 1.82) is 0 Å². The van der Waals surface area contributed by atoms with E-state index >= 15 is 0 Å². The Kier molecular flexibility index (Phi) is 4.53. The molecule has 1 saturated carbocycles. The van der Waals surface area contributed by atoms with E-state index in [0.29, 0.717) is 12.3 Å². The summed E-state index contributed by atoms with van der Waals surface area (Å²) >= 11 is 11.6. The highest BCUT2D eigenvalue weighted by atomic mass is 35.5. The lowest BCUT2D eigenvalue weighted by Crippen LogP contribution is -2.32. The molecule has 0 radical (unpaired) electrons. The van der Waals surface area contributed by atoms with Gasteiger partial charge in [-0.2, -0.15) is 0 Å². The van der Waals surface area contributed by atoms with Crippen molar-refractivity contribution in [2.24, 2.45) is 11.8 Å². The van der Waals surface area contributed by atoms with Crippen LogP contribution < -0.4 is 10.6 Å². The van der Waals surface area contributed by atoms with Crippen LogP contribution in [0, 0.1) is 11.8 Å². The third-order valence-corrected chi connectivity index (χ3v) is 3.71. The Bertz CT molecular complexity index is 242. The second-order valence-electron chi connectivity index (χ2n) is 4.12. The van der Waals surface area contributed by atoms with E-state index in [-0.39, 0.29) is 24.2 Å². The molecule has 2 unspecified atom stereocenters. The number of amides is 1. The van der Waals surface area contributed by atoms with E-state index in [2.05, 4.69) is 10.6 Å². The van der Waals surface area contributed by atoms with E-state index in [1.54, 1.807) is 0 Å². The summed E-state index contributed by atoms with van der Waals surface area (Å²) in [5.74, 6) is 0.375. The number of halogens is 3. The quantitative estimate of drug-likeness (QED) is 0.762. The SMILES string of the molecule is Cl.O=C(NCC1CCNC1)C1CC1(Cl)Cl. The fourth-order valence-corrected chi connectivity index (χ4v) is 2.26. The van der Waals surface area contributed by atoms with Crippen LogP contribution in [0.25, 0.3) is 0 Å². The fourth-order valence-electron chi connectivity index (χ4n) is 1.75. The Morgan fingerprint density at radius 3 is 2.67 bits per heavy atom. The molecular weight excluding hydrogens is 258 g/mol. The maximum Gasteiger partial charge on any atom is 0.226 e. The summed E-state index contributed by atoms with van der Waals surface area (Å²) in [7, 11) is 0. The molecule has 0 spiro atoms. The summed E-state index contributed by atoms with van der Waals surface area (Å²) in [5, 5.41) is 6.15. The van der Waals surface area contributed by atoms with Gasteiger partial charge in [0.1, 0.15) is 4.33 Å². The lowest BCUT2D eigenvalue weighted by molar-refractivity contribution is -0.122. The van der Waals surface area contributed by atoms with Crippen molar-refractivity contribution in [1.82, 2.24) is 10.6 Å². The maximum atomic E-state index is 11.5. The Morgan fingerprint density at radius 2 is 2.20 bits per heavy atom. The number of hydrogen-bond donors (Lipinski definition) is 2. The number of hydrogen-bond acceptors (Lipinski definition) is 2. The van der Waals surface area contributed by atoms with Crippen molar-refractivity contribution < 1.29 is 4.79 Å². The number of carbonyl (C=O) groups excluding carboxylic acids is 1. The molecule has 1 amide bonds. The average molecular weight is 274 g/mol. The van der Waals surface area contributed by atoms with Crippen molar-refractivity contribution in [3.8, 4) is 0 Å².